The molecule has 0 saturated heterocycles. The summed E-state index contributed by atoms with van der Waals surface area (Å²) in [6.07, 6.45) is 5.76. The molecule has 1 saturated carbocycles. The molecule has 0 atom stereocenters. The zero-order chi connectivity index (χ0) is 10.8. The summed E-state index contributed by atoms with van der Waals surface area (Å²) in [5.41, 5.74) is -0.0154. The standard InChI is InChI=1S/C12H21NO/c1-5-12(7-6-8-12)13-10(14)9-11(2,3)4/h5H,1,6-9H2,2-4H3,(H,13,14). The highest BCUT2D eigenvalue weighted by Crippen LogP contribution is 2.33. The van der Waals surface area contributed by atoms with Gasteiger partial charge in [-0.15, -0.1) is 6.58 Å². The molecule has 1 fully saturated rings. The average molecular weight is 195 g/mol. The quantitative estimate of drug-likeness (QED) is 0.689. The van der Waals surface area contributed by atoms with Crippen LogP contribution in [0, 0.1) is 5.41 Å². The van der Waals surface area contributed by atoms with Crippen LogP contribution in [0.15, 0.2) is 12.7 Å². The fourth-order valence-corrected chi connectivity index (χ4v) is 1.74. The van der Waals surface area contributed by atoms with Gasteiger partial charge in [0.1, 0.15) is 0 Å². The third-order valence-electron chi connectivity index (χ3n) is 2.72. The lowest BCUT2D eigenvalue weighted by molar-refractivity contribution is -0.125. The lowest BCUT2D eigenvalue weighted by Gasteiger charge is -2.40. The minimum Gasteiger partial charge on any atom is -0.347 e. The zero-order valence-corrected chi connectivity index (χ0v) is 9.52. The predicted octanol–water partition coefficient (Wildman–Crippen LogP) is 2.65. The van der Waals surface area contributed by atoms with Crippen molar-refractivity contribution in [2.45, 2.75) is 52.0 Å². The molecule has 80 valence electrons. The molecule has 2 nitrogen and oxygen atoms in total. The Morgan fingerprint density at radius 1 is 1.50 bits per heavy atom. The summed E-state index contributed by atoms with van der Waals surface area (Å²) in [5, 5.41) is 3.08. The van der Waals surface area contributed by atoms with Crippen molar-refractivity contribution in [3.63, 3.8) is 0 Å². The molecule has 0 spiro atoms. The monoisotopic (exact) mass is 195 g/mol. The van der Waals surface area contributed by atoms with Gasteiger partial charge in [-0.1, -0.05) is 26.8 Å². The molecule has 0 heterocycles. The second-order valence-corrected chi connectivity index (χ2v) is 5.50. The highest BCUT2D eigenvalue weighted by molar-refractivity contribution is 5.77. The molecule has 0 unspecified atom stereocenters. The second kappa shape index (κ2) is 3.76. The highest BCUT2D eigenvalue weighted by Gasteiger charge is 2.35. The number of amides is 1. The number of nitrogens with one attached hydrogen (secondary N) is 1. The van der Waals surface area contributed by atoms with E-state index in [9.17, 15) is 4.79 Å². The molecule has 0 radical (unpaired) electrons. The van der Waals surface area contributed by atoms with E-state index < -0.39 is 0 Å². The van der Waals surface area contributed by atoms with E-state index in [1.54, 1.807) is 0 Å². The molecule has 0 aromatic rings. The van der Waals surface area contributed by atoms with Crippen LogP contribution >= 0.6 is 0 Å². The molecule has 1 aliphatic carbocycles. The zero-order valence-electron chi connectivity index (χ0n) is 9.52. The van der Waals surface area contributed by atoms with Crippen molar-refractivity contribution >= 4 is 5.91 Å². The number of hydrogen-bond acceptors (Lipinski definition) is 1. The Kier molecular flexibility index (Phi) is 3.03. The molecule has 2 heteroatoms. The molecule has 1 amide bonds. The van der Waals surface area contributed by atoms with E-state index in [-0.39, 0.29) is 16.9 Å². The maximum absolute atomic E-state index is 11.7. The fraction of sp³-hybridized carbons (Fsp3) is 0.750. The molecule has 1 N–H and O–H groups in total. The first-order valence-electron chi connectivity index (χ1n) is 5.32. The third kappa shape index (κ3) is 2.86. The fourth-order valence-electron chi connectivity index (χ4n) is 1.74. The largest absolute Gasteiger partial charge is 0.347 e. The smallest absolute Gasteiger partial charge is 0.221 e. The van der Waals surface area contributed by atoms with Gasteiger partial charge in [-0.3, -0.25) is 4.79 Å². The summed E-state index contributed by atoms with van der Waals surface area (Å²) in [7, 11) is 0. The molecule has 1 rings (SSSR count). The summed E-state index contributed by atoms with van der Waals surface area (Å²) in [6.45, 7) is 10.0. The molecule has 14 heavy (non-hydrogen) atoms. The van der Waals surface area contributed by atoms with Crippen LogP contribution in [0.25, 0.3) is 0 Å². The maximum atomic E-state index is 11.7. The first-order valence-corrected chi connectivity index (χ1v) is 5.32. The van der Waals surface area contributed by atoms with Gasteiger partial charge in [0.05, 0.1) is 5.54 Å². The van der Waals surface area contributed by atoms with Crippen molar-refractivity contribution in [3.8, 4) is 0 Å². The Hall–Kier alpha value is -0.790. The van der Waals surface area contributed by atoms with Gasteiger partial charge in [0.15, 0.2) is 0 Å². The van der Waals surface area contributed by atoms with Crippen molar-refractivity contribution in [2.75, 3.05) is 0 Å². The van der Waals surface area contributed by atoms with Gasteiger partial charge >= 0.3 is 0 Å². The average Bonchev–Trinajstić information content (AvgIpc) is 1.93. The SMILES string of the molecule is C=CC1(NC(=O)CC(C)(C)C)CCC1. The Morgan fingerprint density at radius 2 is 2.07 bits per heavy atom. The van der Waals surface area contributed by atoms with Crippen molar-refractivity contribution in [2.24, 2.45) is 5.41 Å². The molecule has 0 aromatic carbocycles. The summed E-state index contributed by atoms with van der Waals surface area (Å²) in [6, 6.07) is 0. The molecule has 1 aliphatic rings. The molecule has 0 aliphatic heterocycles. The summed E-state index contributed by atoms with van der Waals surface area (Å²) >= 11 is 0. The van der Waals surface area contributed by atoms with Crippen LogP contribution in [0.5, 0.6) is 0 Å². The first kappa shape index (κ1) is 11.3. The van der Waals surface area contributed by atoms with Gasteiger partial charge < -0.3 is 5.32 Å². The van der Waals surface area contributed by atoms with Crippen LogP contribution in [-0.2, 0) is 4.79 Å². The van der Waals surface area contributed by atoms with Crippen molar-refractivity contribution in [1.29, 1.82) is 0 Å². The highest BCUT2D eigenvalue weighted by atomic mass is 16.1. The van der Waals surface area contributed by atoms with Gasteiger partial charge in [0, 0.05) is 6.42 Å². The number of rotatable bonds is 3. The molecular weight excluding hydrogens is 174 g/mol. The van der Waals surface area contributed by atoms with Crippen LogP contribution in [0.4, 0.5) is 0 Å². The van der Waals surface area contributed by atoms with Crippen molar-refractivity contribution in [3.05, 3.63) is 12.7 Å². The maximum Gasteiger partial charge on any atom is 0.221 e. The molecule has 0 bridgehead atoms. The molecule has 0 aromatic heterocycles. The van der Waals surface area contributed by atoms with Crippen LogP contribution < -0.4 is 5.32 Å². The van der Waals surface area contributed by atoms with E-state index in [0.29, 0.717) is 6.42 Å². The summed E-state index contributed by atoms with van der Waals surface area (Å²) in [5.74, 6) is 0.150. The van der Waals surface area contributed by atoms with E-state index in [4.69, 9.17) is 0 Å². The van der Waals surface area contributed by atoms with Crippen LogP contribution in [0.1, 0.15) is 46.5 Å². The van der Waals surface area contributed by atoms with E-state index in [0.717, 1.165) is 12.8 Å². The van der Waals surface area contributed by atoms with Crippen molar-refractivity contribution in [1.82, 2.24) is 5.32 Å². The molecular formula is C12H21NO. The lowest BCUT2D eigenvalue weighted by Crippen LogP contribution is -2.52. The minimum absolute atomic E-state index is 0.0657. The Balaban J connectivity index is 2.44. The van der Waals surface area contributed by atoms with Crippen LogP contribution in [-0.4, -0.2) is 11.4 Å². The lowest BCUT2D eigenvalue weighted by atomic mass is 9.76. The Morgan fingerprint density at radius 3 is 2.36 bits per heavy atom. The third-order valence-corrected chi connectivity index (χ3v) is 2.72. The van der Waals surface area contributed by atoms with Gasteiger partial charge in [0.2, 0.25) is 5.91 Å². The van der Waals surface area contributed by atoms with Gasteiger partial charge in [0.25, 0.3) is 0 Å². The predicted molar refractivity (Wildman–Crippen MR) is 59.0 cm³/mol. The van der Waals surface area contributed by atoms with E-state index >= 15 is 0 Å². The first-order chi connectivity index (χ1) is 6.37. The minimum atomic E-state index is -0.0810. The number of carbonyl (C=O) groups is 1. The van der Waals surface area contributed by atoms with Gasteiger partial charge in [-0.05, 0) is 24.7 Å². The van der Waals surface area contributed by atoms with Crippen LogP contribution in [0.3, 0.4) is 0 Å². The van der Waals surface area contributed by atoms with E-state index in [1.165, 1.54) is 6.42 Å². The normalized spacial score (nSPS) is 19.6. The summed E-state index contributed by atoms with van der Waals surface area (Å²) < 4.78 is 0. The Bertz CT molecular complexity index is 233. The Labute approximate surface area is 86.8 Å². The second-order valence-electron chi connectivity index (χ2n) is 5.50. The van der Waals surface area contributed by atoms with Gasteiger partial charge in [-0.2, -0.15) is 0 Å². The number of carbonyl (C=O) groups excluding carboxylic acids is 1. The summed E-state index contributed by atoms with van der Waals surface area (Å²) in [4.78, 5) is 11.7. The van der Waals surface area contributed by atoms with E-state index in [2.05, 4.69) is 32.7 Å². The van der Waals surface area contributed by atoms with E-state index in [1.807, 2.05) is 6.08 Å². The topological polar surface area (TPSA) is 29.1 Å². The van der Waals surface area contributed by atoms with Crippen molar-refractivity contribution < 1.29 is 4.79 Å². The van der Waals surface area contributed by atoms with Gasteiger partial charge in [-0.25, -0.2) is 0 Å². The number of hydrogen-bond donors (Lipinski definition) is 1. The van der Waals surface area contributed by atoms with Crippen LogP contribution in [0.2, 0.25) is 0 Å².